The van der Waals surface area contributed by atoms with Gasteiger partial charge in [0.2, 0.25) is 0 Å². The summed E-state index contributed by atoms with van der Waals surface area (Å²) in [6, 6.07) is 32.1. The fraction of sp³-hybridized carbons (Fsp3) is 0.550. The first-order valence-corrected chi connectivity index (χ1v) is 16.9. The van der Waals surface area contributed by atoms with E-state index in [-0.39, 0.29) is 22.2 Å². The summed E-state index contributed by atoms with van der Waals surface area (Å²) >= 11 is 0. The molecule has 2 saturated heterocycles. The first-order valence-electron chi connectivity index (χ1n) is 16.9. The molecule has 0 amide bonds. The number of piperidine rings is 2. The molecule has 4 nitrogen and oxygen atoms in total. The van der Waals surface area contributed by atoms with E-state index in [4.69, 9.17) is 5.73 Å². The predicted molar refractivity (Wildman–Crippen MR) is 186 cm³/mol. The Balaban J connectivity index is 1.46. The molecule has 2 heterocycles. The summed E-state index contributed by atoms with van der Waals surface area (Å²) in [5.41, 5.74) is 11.8. The SMILES string of the molecule is CC1(C)CC(N(Cc2cccc(CN)c2)C2CC(C)(C)N(Cc3ccccc3)C(C)(C)C2)CC(C)(C)N1Cc1ccccc1. The largest absolute Gasteiger partial charge is 0.326 e. The molecule has 2 fully saturated rings. The topological polar surface area (TPSA) is 35.7 Å². The van der Waals surface area contributed by atoms with Crippen molar-refractivity contribution in [2.24, 2.45) is 5.73 Å². The fourth-order valence-corrected chi connectivity index (χ4v) is 9.01. The van der Waals surface area contributed by atoms with Gasteiger partial charge >= 0.3 is 0 Å². The van der Waals surface area contributed by atoms with Crippen LogP contribution in [0.5, 0.6) is 0 Å². The molecule has 5 rings (SSSR count). The number of likely N-dealkylation sites (tertiary alicyclic amines) is 2. The molecule has 238 valence electrons. The third kappa shape index (κ3) is 7.31. The summed E-state index contributed by atoms with van der Waals surface area (Å²) in [6.45, 7) is 23.4. The molecule has 44 heavy (non-hydrogen) atoms. The van der Waals surface area contributed by atoms with Gasteiger partial charge in [0.1, 0.15) is 0 Å². The highest BCUT2D eigenvalue weighted by Gasteiger charge is 2.51. The van der Waals surface area contributed by atoms with Gasteiger partial charge in [-0.1, -0.05) is 84.9 Å². The van der Waals surface area contributed by atoms with Crippen molar-refractivity contribution in [2.45, 2.75) is 141 Å². The Kier molecular flexibility index (Phi) is 9.50. The average Bonchev–Trinajstić information content (AvgIpc) is 2.96. The summed E-state index contributed by atoms with van der Waals surface area (Å²) in [5, 5.41) is 0. The lowest BCUT2D eigenvalue weighted by Gasteiger charge is -2.61. The van der Waals surface area contributed by atoms with Gasteiger partial charge in [-0.15, -0.1) is 0 Å². The van der Waals surface area contributed by atoms with Gasteiger partial charge in [0.25, 0.3) is 0 Å². The van der Waals surface area contributed by atoms with E-state index in [0.29, 0.717) is 18.6 Å². The number of rotatable bonds is 9. The van der Waals surface area contributed by atoms with Crippen LogP contribution in [0, 0.1) is 0 Å². The van der Waals surface area contributed by atoms with E-state index in [1.54, 1.807) is 0 Å². The van der Waals surface area contributed by atoms with Crippen molar-refractivity contribution in [1.82, 2.24) is 14.7 Å². The van der Waals surface area contributed by atoms with Gasteiger partial charge in [-0.25, -0.2) is 0 Å². The van der Waals surface area contributed by atoms with Crippen LogP contribution in [0.3, 0.4) is 0 Å². The molecule has 2 aliphatic rings. The van der Waals surface area contributed by atoms with Gasteiger partial charge in [0.15, 0.2) is 0 Å². The van der Waals surface area contributed by atoms with Crippen LogP contribution >= 0.6 is 0 Å². The number of benzene rings is 3. The van der Waals surface area contributed by atoms with Gasteiger partial charge < -0.3 is 5.73 Å². The Hall–Kier alpha value is -2.50. The minimum absolute atomic E-state index is 0.0681. The predicted octanol–water partition coefficient (Wildman–Crippen LogP) is 8.39. The summed E-state index contributed by atoms with van der Waals surface area (Å²) in [4.78, 5) is 8.48. The molecule has 0 bridgehead atoms. The van der Waals surface area contributed by atoms with Crippen LogP contribution in [0.4, 0.5) is 0 Å². The van der Waals surface area contributed by atoms with Gasteiger partial charge in [0.05, 0.1) is 0 Å². The Labute approximate surface area is 268 Å². The Morgan fingerprint density at radius 1 is 0.545 bits per heavy atom. The number of nitrogens with zero attached hydrogens (tertiary/aromatic N) is 3. The third-order valence-electron chi connectivity index (χ3n) is 10.8. The lowest BCUT2D eigenvalue weighted by molar-refractivity contribution is -0.113. The number of hydrogen-bond donors (Lipinski definition) is 1. The molecule has 0 spiro atoms. The molecule has 0 saturated carbocycles. The summed E-state index contributed by atoms with van der Waals surface area (Å²) < 4.78 is 0. The van der Waals surface area contributed by atoms with E-state index in [9.17, 15) is 0 Å². The number of nitrogens with two attached hydrogens (primary N) is 1. The number of hydrogen-bond acceptors (Lipinski definition) is 4. The maximum atomic E-state index is 6.11. The van der Waals surface area contributed by atoms with Crippen LogP contribution in [0.25, 0.3) is 0 Å². The lowest BCUT2D eigenvalue weighted by atomic mass is 9.72. The van der Waals surface area contributed by atoms with Gasteiger partial charge in [-0.2, -0.15) is 0 Å². The van der Waals surface area contributed by atoms with E-state index in [1.807, 2.05) is 0 Å². The quantitative estimate of drug-likeness (QED) is 0.270. The summed E-state index contributed by atoms with van der Waals surface area (Å²) in [7, 11) is 0. The molecule has 2 N–H and O–H groups in total. The molecular weight excluding hydrogens is 536 g/mol. The monoisotopic (exact) mass is 594 g/mol. The molecule has 0 unspecified atom stereocenters. The van der Waals surface area contributed by atoms with Crippen molar-refractivity contribution in [3.8, 4) is 0 Å². The molecule has 0 radical (unpaired) electrons. The fourth-order valence-electron chi connectivity index (χ4n) is 9.01. The molecule has 0 aromatic heterocycles. The molecule has 3 aromatic carbocycles. The van der Waals surface area contributed by atoms with Gasteiger partial charge in [0, 0.05) is 60.4 Å². The highest BCUT2D eigenvalue weighted by atomic mass is 15.3. The van der Waals surface area contributed by atoms with Crippen molar-refractivity contribution in [1.29, 1.82) is 0 Å². The lowest BCUT2D eigenvalue weighted by Crippen LogP contribution is -2.67. The van der Waals surface area contributed by atoms with E-state index in [1.165, 1.54) is 22.3 Å². The smallest absolute Gasteiger partial charge is 0.0244 e. The summed E-state index contributed by atoms with van der Waals surface area (Å²) in [5.74, 6) is 0. The van der Waals surface area contributed by atoms with E-state index >= 15 is 0 Å². The van der Waals surface area contributed by atoms with Crippen molar-refractivity contribution in [3.05, 3.63) is 107 Å². The first kappa shape index (κ1) is 32.9. The highest BCUT2D eigenvalue weighted by molar-refractivity contribution is 5.24. The van der Waals surface area contributed by atoms with Crippen LogP contribution in [-0.4, -0.2) is 48.9 Å². The maximum absolute atomic E-state index is 6.11. The van der Waals surface area contributed by atoms with Crippen molar-refractivity contribution in [3.63, 3.8) is 0 Å². The Morgan fingerprint density at radius 3 is 1.30 bits per heavy atom. The summed E-state index contributed by atoms with van der Waals surface area (Å²) in [6.07, 6.45) is 4.63. The molecule has 4 heteroatoms. The minimum atomic E-state index is 0.0681. The van der Waals surface area contributed by atoms with Crippen molar-refractivity contribution >= 4 is 0 Å². The average molecular weight is 595 g/mol. The highest BCUT2D eigenvalue weighted by Crippen LogP contribution is 2.46. The Bertz CT molecular complexity index is 1240. The first-order chi connectivity index (χ1) is 20.7. The Morgan fingerprint density at radius 2 is 0.909 bits per heavy atom. The third-order valence-corrected chi connectivity index (χ3v) is 10.8. The van der Waals surface area contributed by atoms with Gasteiger partial charge in [-0.3, -0.25) is 14.7 Å². The van der Waals surface area contributed by atoms with Crippen molar-refractivity contribution < 1.29 is 0 Å². The molecule has 2 aliphatic heterocycles. The second-order valence-corrected chi connectivity index (χ2v) is 16.2. The van der Waals surface area contributed by atoms with Crippen molar-refractivity contribution in [2.75, 3.05) is 0 Å². The van der Waals surface area contributed by atoms with E-state index in [2.05, 4.69) is 155 Å². The van der Waals surface area contributed by atoms with E-state index < -0.39 is 0 Å². The van der Waals surface area contributed by atoms with Crippen LogP contribution in [-0.2, 0) is 26.2 Å². The molecular formula is C40H58N4. The maximum Gasteiger partial charge on any atom is 0.0244 e. The van der Waals surface area contributed by atoms with E-state index in [0.717, 1.165) is 45.3 Å². The second-order valence-electron chi connectivity index (χ2n) is 16.2. The van der Waals surface area contributed by atoms with Crippen LogP contribution in [0.15, 0.2) is 84.9 Å². The molecule has 0 atom stereocenters. The van der Waals surface area contributed by atoms with Crippen LogP contribution in [0.2, 0.25) is 0 Å². The normalized spacial score (nSPS) is 22.3. The van der Waals surface area contributed by atoms with Gasteiger partial charge in [-0.05, 0) is 103 Å². The zero-order valence-electron chi connectivity index (χ0n) is 28.8. The zero-order chi connectivity index (χ0) is 31.8. The van der Waals surface area contributed by atoms with Crippen LogP contribution < -0.4 is 5.73 Å². The molecule has 3 aromatic rings. The molecule has 0 aliphatic carbocycles. The second kappa shape index (κ2) is 12.7. The minimum Gasteiger partial charge on any atom is -0.326 e. The zero-order valence-corrected chi connectivity index (χ0v) is 28.8. The standard InChI is InChI=1S/C40H58N4/c1-37(2)23-35(24-38(3,4)43(37)29-31-16-11-9-12-17-31)42(28-34-21-15-20-33(22-34)27-41)36-25-39(5,6)44(40(7,8)26-36)30-32-18-13-10-14-19-32/h9-22,35-36H,23-30,41H2,1-8H3. The van der Waals surface area contributed by atoms with Crippen LogP contribution in [0.1, 0.15) is 103 Å².